The maximum Gasteiger partial charge on any atom is 0.332 e. The maximum absolute atomic E-state index is 12.4. The molecule has 1 N–H and O–H groups in total. The van der Waals surface area contributed by atoms with Crippen LogP contribution in [0.15, 0.2) is 15.9 Å². The number of aromatic nitrogens is 4. The molecule has 24 heavy (non-hydrogen) atoms. The lowest BCUT2D eigenvalue weighted by Gasteiger charge is -2.14. The average molecular weight is 337 g/mol. The van der Waals surface area contributed by atoms with E-state index in [1.54, 1.807) is 14.0 Å². The third-order valence-corrected chi connectivity index (χ3v) is 3.94. The van der Waals surface area contributed by atoms with Crippen molar-refractivity contribution in [1.82, 2.24) is 24.0 Å². The Hall–Kier alpha value is -2.42. The molecule has 2 aromatic heterocycles. The summed E-state index contributed by atoms with van der Waals surface area (Å²) in [5, 5.41) is 2.81. The molecule has 0 radical (unpaired) electrons. The van der Waals surface area contributed by atoms with Crippen LogP contribution in [-0.4, -0.2) is 44.4 Å². The number of rotatable bonds is 7. The molecule has 0 spiro atoms. The molecule has 9 nitrogen and oxygen atoms in total. The molecule has 9 heteroatoms. The van der Waals surface area contributed by atoms with Gasteiger partial charge >= 0.3 is 5.69 Å². The molecule has 2 heterocycles. The van der Waals surface area contributed by atoms with Crippen LogP contribution < -0.4 is 16.6 Å². The topological polar surface area (TPSA) is 100 Å². The summed E-state index contributed by atoms with van der Waals surface area (Å²) in [6.07, 6.45) is 2.13. The fourth-order valence-corrected chi connectivity index (χ4v) is 2.46. The summed E-state index contributed by atoms with van der Waals surface area (Å²) >= 11 is 0. The molecule has 0 fully saturated rings. The van der Waals surface area contributed by atoms with E-state index in [-0.39, 0.29) is 17.1 Å². The summed E-state index contributed by atoms with van der Waals surface area (Å²) in [5.74, 6) is -0.221. The van der Waals surface area contributed by atoms with Crippen LogP contribution in [0.1, 0.15) is 26.3 Å². The number of carbonyl (C=O) groups is 1. The third kappa shape index (κ3) is 3.25. The highest BCUT2D eigenvalue weighted by Gasteiger charge is 2.21. The molecule has 132 valence electrons. The van der Waals surface area contributed by atoms with Gasteiger partial charge in [-0.05, 0) is 20.3 Å². The summed E-state index contributed by atoms with van der Waals surface area (Å²) in [7, 11) is 2.94. The number of hydrogen-bond donors (Lipinski definition) is 1. The molecule has 1 amide bonds. The monoisotopic (exact) mass is 337 g/mol. The Kier molecular flexibility index (Phi) is 5.55. The smallest absolute Gasteiger partial charge is 0.332 e. The Bertz CT molecular complexity index is 848. The molecular weight excluding hydrogens is 314 g/mol. The van der Waals surface area contributed by atoms with Crippen molar-refractivity contribution < 1.29 is 9.53 Å². The Morgan fingerprint density at radius 3 is 2.71 bits per heavy atom. The van der Waals surface area contributed by atoms with Gasteiger partial charge in [0.15, 0.2) is 11.2 Å². The minimum atomic E-state index is -0.618. The Morgan fingerprint density at radius 2 is 2.04 bits per heavy atom. The summed E-state index contributed by atoms with van der Waals surface area (Å²) in [6, 6.07) is -0.618. The number of imidazole rings is 1. The number of ether oxygens (including phenoxy) is 1. The number of hydrogen-bond acceptors (Lipinski definition) is 5. The van der Waals surface area contributed by atoms with Crippen molar-refractivity contribution >= 4 is 17.1 Å². The highest BCUT2D eigenvalue weighted by molar-refractivity contribution is 5.82. The molecule has 1 unspecified atom stereocenters. The first-order chi connectivity index (χ1) is 11.4. The fourth-order valence-electron chi connectivity index (χ4n) is 2.46. The van der Waals surface area contributed by atoms with E-state index < -0.39 is 17.3 Å². The van der Waals surface area contributed by atoms with E-state index in [1.807, 2.05) is 6.92 Å². The Balaban J connectivity index is 2.24. The minimum absolute atomic E-state index is 0.221. The number of fused-ring (bicyclic) bond motifs is 1. The van der Waals surface area contributed by atoms with E-state index in [9.17, 15) is 14.4 Å². The van der Waals surface area contributed by atoms with E-state index in [4.69, 9.17) is 4.74 Å². The van der Waals surface area contributed by atoms with E-state index in [1.165, 1.54) is 22.5 Å². The first-order valence-electron chi connectivity index (χ1n) is 7.88. The van der Waals surface area contributed by atoms with Gasteiger partial charge in [0.05, 0.1) is 6.33 Å². The molecule has 0 aliphatic carbocycles. The van der Waals surface area contributed by atoms with Crippen molar-refractivity contribution in [1.29, 1.82) is 0 Å². The fraction of sp³-hybridized carbons (Fsp3) is 0.600. The van der Waals surface area contributed by atoms with E-state index in [0.29, 0.717) is 26.2 Å². The number of aryl methyl sites for hydroxylation is 1. The van der Waals surface area contributed by atoms with E-state index in [0.717, 1.165) is 4.57 Å². The van der Waals surface area contributed by atoms with Crippen LogP contribution in [0, 0.1) is 0 Å². The summed E-state index contributed by atoms with van der Waals surface area (Å²) in [4.78, 5) is 40.7. The van der Waals surface area contributed by atoms with E-state index >= 15 is 0 Å². The molecule has 0 aliphatic rings. The Morgan fingerprint density at radius 1 is 1.33 bits per heavy atom. The molecule has 0 aromatic carbocycles. The first-order valence-corrected chi connectivity index (χ1v) is 7.88. The SMILES string of the molecule is CCOCCCNC(=O)C(C)n1cnc2c1c(=O)n(C)c(=O)n2C. The van der Waals surface area contributed by atoms with Crippen LogP contribution in [0.2, 0.25) is 0 Å². The predicted octanol–water partition coefficient (Wildman–Crippen LogP) is -0.462. The van der Waals surface area contributed by atoms with Gasteiger partial charge in [0, 0.05) is 33.9 Å². The van der Waals surface area contributed by atoms with E-state index in [2.05, 4.69) is 10.3 Å². The predicted molar refractivity (Wildman–Crippen MR) is 89.0 cm³/mol. The van der Waals surface area contributed by atoms with Gasteiger partial charge in [-0.15, -0.1) is 0 Å². The average Bonchev–Trinajstić information content (AvgIpc) is 3.02. The van der Waals surface area contributed by atoms with Gasteiger partial charge in [-0.3, -0.25) is 18.7 Å². The second-order valence-electron chi connectivity index (χ2n) is 5.55. The quantitative estimate of drug-likeness (QED) is 0.689. The van der Waals surface area contributed by atoms with Gasteiger partial charge in [0.1, 0.15) is 6.04 Å². The van der Waals surface area contributed by atoms with Gasteiger partial charge in [-0.2, -0.15) is 0 Å². The molecule has 0 saturated carbocycles. The molecular formula is C15H23N5O4. The van der Waals surface area contributed by atoms with Crippen molar-refractivity contribution in [3.8, 4) is 0 Å². The number of carbonyl (C=O) groups excluding carboxylic acids is 1. The van der Waals surface area contributed by atoms with Gasteiger partial charge in [-0.25, -0.2) is 9.78 Å². The largest absolute Gasteiger partial charge is 0.382 e. The second kappa shape index (κ2) is 7.43. The van der Waals surface area contributed by atoms with Crippen molar-refractivity contribution in [3.63, 3.8) is 0 Å². The third-order valence-electron chi connectivity index (χ3n) is 3.94. The molecule has 0 bridgehead atoms. The number of nitrogens with one attached hydrogen (secondary N) is 1. The zero-order chi connectivity index (χ0) is 17.9. The lowest BCUT2D eigenvalue weighted by atomic mass is 10.3. The van der Waals surface area contributed by atoms with Crippen LogP contribution in [-0.2, 0) is 23.6 Å². The van der Waals surface area contributed by atoms with Crippen molar-refractivity contribution in [2.45, 2.75) is 26.3 Å². The standard InChI is InChI=1S/C15H23N5O4/c1-5-24-8-6-7-16-13(21)10(2)20-9-17-12-11(20)14(22)19(4)15(23)18(12)3/h9-10H,5-8H2,1-4H3,(H,16,21). The van der Waals surface area contributed by atoms with Crippen LogP contribution in [0.4, 0.5) is 0 Å². The second-order valence-corrected chi connectivity index (χ2v) is 5.55. The van der Waals surface area contributed by atoms with Crippen LogP contribution in [0.25, 0.3) is 11.2 Å². The summed E-state index contributed by atoms with van der Waals surface area (Å²) < 4.78 is 9.01. The molecule has 2 aromatic rings. The van der Waals surface area contributed by atoms with Crippen molar-refractivity contribution in [2.75, 3.05) is 19.8 Å². The van der Waals surface area contributed by atoms with Crippen molar-refractivity contribution in [2.24, 2.45) is 14.1 Å². The van der Waals surface area contributed by atoms with Crippen LogP contribution in [0.3, 0.4) is 0 Å². The van der Waals surface area contributed by atoms with Gasteiger partial charge in [-0.1, -0.05) is 0 Å². The highest BCUT2D eigenvalue weighted by Crippen LogP contribution is 2.13. The maximum atomic E-state index is 12.4. The highest BCUT2D eigenvalue weighted by atomic mass is 16.5. The van der Waals surface area contributed by atoms with Gasteiger partial charge < -0.3 is 14.6 Å². The van der Waals surface area contributed by atoms with Gasteiger partial charge in [0.2, 0.25) is 5.91 Å². The lowest BCUT2D eigenvalue weighted by Crippen LogP contribution is -2.38. The van der Waals surface area contributed by atoms with Crippen LogP contribution in [0.5, 0.6) is 0 Å². The van der Waals surface area contributed by atoms with Crippen molar-refractivity contribution in [3.05, 3.63) is 27.2 Å². The molecule has 0 saturated heterocycles. The number of amides is 1. The Labute approximate surface area is 138 Å². The normalized spacial score (nSPS) is 12.5. The zero-order valence-electron chi connectivity index (χ0n) is 14.4. The minimum Gasteiger partial charge on any atom is -0.382 e. The molecule has 0 aliphatic heterocycles. The lowest BCUT2D eigenvalue weighted by molar-refractivity contribution is -0.123. The summed E-state index contributed by atoms with van der Waals surface area (Å²) in [5.41, 5.74) is -0.428. The van der Waals surface area contributed by atoms with Crippen LogP contribution >= 0.6 is 0 Å². The number of nitrogens with zero attached hydrogens (tertiary/aromatic N) is 4. The van der Waals surface area contributed by atoms with Gasteiger partial charge in [0.25, 0.3) is 5.56 Å². The zero-order valence-corrected chi connectivity index (χ0v) is 14.4. The molecule has 2 rings (SSSR count). The molecule has 1 atom stereocenters. The summed E-state index contributed by atoms with van der Waals surface area (Å²) in [6.45, 7) is 5.32. The first kappa shape index (κ1) is 17.9.